The van der Waals surface area contributed by atoms with Crippen molar-refractivity contribution < 1.29 is 14.3 Å². The van der Waals surface area contributed by atoms with Gasteiger partial charge >= 0.3 is 5.97 Å². The maximum Gasteiger partial charge on any atom is 0.320 e. The van der Waals surface area contributed by atoms with Crippen LogP contribution in [-0.2, 0) is 11.3 Å². The minimum absolute atomic E-state index is 0. The van der Waals surface area contributed by atoms with Gasteiger partial charge in [0.05, 0.1) is 0 Å². The molecule has 6 heteroatoms. The average molecular weight is 296 g/mol. The first-order valence-corrected chi connectivity index (χ1v) is 5.83. The summed E-state index contributed by atoms with van der Waals surface area (Å²) < 4.78 is 13.4. The minimum atomic E-state index is -0.931. The molecule has 0 spiro atoms. The Morgan fingerprint density at radius 2 is 2.22 bits per heavy atom. The molecule has 0 saturated carbocycles. The predicted molar refractivity (Wildman–Crippen MR) is 71.8 cm³/mol. The van der Waals surface area contributed by atoms with E-state index in [1.165, 1.54) is 12.1 Å². The van der Waals surface area contributed by atoms with Gasteiger partial charge in [-0.3, -0.25) is 4.79 Å². The molecule has 1 aromatic carbocycles. The highest BCUT2D eigenvalue weighted by Gasteiger charge is 2.16. The molecule has 0 aliphatic heterocycles. The third kappa shape index (κ3) is 4.80. The van der Waals surface area contributed by atoms with Gasteiger partial charge in [-0.25, -0.2) is 4.39 Å². The van der Waals surface area contributed by atoms with E-state index in [2.05, 4.69) is 5.32 Å². The van der Waals surface area contributed by atoms with Crippen LogP contribution >= 0.6 is 24.0 Å². The van der Waals surface area contributed by atoms with Crippen LogP contribution in [0.3, 0.4) is 0 Å². The number of hydrogen-bond acceptors (Lipinski definition) is 2. The maximum atomic E-state index is 13.4. The molecule has 0 saturated heterocycles. The zero-order valence-corrected chi connectivity index (χ0v) is 11.5. The number of carboxylic acids is 1. The Balaban J connectivity index is 0.00000289. The standard InChI is InChI=1S/C12H15ClFNO2.ClH/c1-2-4-11(12(16)17)15-7-8-9(13)5-3-6-10(8)14;/h3,5-6,11,15H,2,4,7H2,1H3,(H,16,17);1H. The van der Waals surface area contributed by atoms with Crippen LogP contribution in [-0.4, -0.2) is 17.1 Å². The lowest BCUT2D eigenvalue weighted by molar-refractivity contribution is -0.139. The SMILES string of the molecule is CCCC(NCc1c(F)cccc1Cl)C(=O)O.Cl. The molecule has 0 heterocycles. The second kappa shape index (κ2) is 8.29. The summed E-state index contributed by atoms with van der Waals surface area (Å²) in [7, 11) is 0. The summed E-state index contributed by atoms with van der Waals surface area (Å²) in [5.74, 6) is -1.36. The zero-order valence-electron chi connectivity index (χ0n) is 9.95. The third-order valence-corrected chi connectivity index (χ3v) is 2.82. The lowest BCUT2D eigenvalue weighted by Crippen LogP contribution is -2.36. The van der Waals surface area contributed by atoms with Crippen LogP contribution in [0.15, 0.2) is 18.2 Å². The molecule has 0 radical (unpaired) electrons. The topological polar surface area (TPSA) is 49.3 Å². The minimum Gasteiger partial charge on any atom is -0.480 e. The first-order chi connectivity index (χ1) is 8.06. The van der Waals surface area contributed by atoms with E-state index in [1.807, 2.05) is 6.92 Å². The molecular weight excluding hydrogens is 280 g/mol. The molecule has 1 rings (SSSR count). The Kier molecular flexibility index (Phi) is 7.91. The molecule has 102 valence electrons. The summed E-state index contributed by atoms with van der Waals surface area (Å²) in [6.07, 6.45) is 1.25. The number of carboxylic acid groups (broad SMARTS) is 1. The molecule has 0 fully saturated rings. The predicted octanol–water partition coefficient (Wildman–Crippen LogP) is 3.24. The second-order valence-corrected chi connectivity index (χ2v) is 4.17. The number of carbonyl (C=O) groups is 1. The van der Waals surface area contributed by atoms with Crippen molar-refractivity contribution in [2.45, 2.75) is 32.4 Å². The van der Waals surface area contributed by atoms with Gasteiger partial charge in [-0.1, -0.05) is 31.0 Å². The van der Waals surface area contributed by atoms with Crippen LogP contribution in [0.1, 0.15) is 25.3 Å². The van der Waals surface area contributed by atoms with Gasteiger partial charge in [0, 0.05) is 17.1 Å². The monoisotopic (exact) mass is 295 g/mol. The van der Waals surface area contributed by atoms with Crippen molar-refractivity contribution in [2.75, 3.05) is 0 Å². The number of hydrogen-bond donors (Lipinski definition) is 2. The van der Waals surface area contributed by atoms with Gasteiger partial charge in [0.25, 0.3) is 0 Å². The Morgan fingerprint density at radius 3 is 2.72 bits per heavy atom. The molecule has 18 heavy (non-hydrogen) atoms. The number of halogens is 3. The summed E-state index contributed by atoms with van der Waals surface area (Å²) in [5.41, 5.74) is 0.302. The maximum absolute atomic E-state index is 13.4. The van der Waals surface area contributed by atoms with E-state index >= 15 is 0 Å². The normalized spacial score (nSPS) is 11.7. The van der Waals surface area contributed by atoms with Crippen LogP contribution in [0.5, 0.6) is 0 Å². The van der Waals surface area contributed by atoms with Crippen molar-refractivity contribution in [2.24, 2.45) is 0 Å². The Hall–Kier alpha value is -0.840. The number of aliphatic carboxylic acids is 1. The Morgan fingerprint density at radius 1 is 1.56 bits per heavy atom. The molecule has 1 aromatic rings. The average Bonchev–Trinajstić information content (AvgIpc) is 2.26. The Labute approximate surface area is 117 Å². The van der Waals surface area contributed by atoms with Gasteiger partial charge in [-0.05, 0) is 18.6 Å². The van der Waals surface area contributed by atoms with Crippen LogP contribution < -0.4 is 5.32 Å². The van der Waals surface area contributed by atoms with Gasteiger partial charge in [0.2, 0.25) is 0 Å². The highest BCUT2D eigenvalue weighted by molar-refractivity contribution is 6.31. The smallest absolute Gasteiger partial charge is 0.320 e. The largest absolute Gasteiger partial charge is 0.480 e. The van der Waals surface area contributed by atoms with E-state index < -0.39 is 17.8 Å². The third-order valence-electron chi connectivity index (χ3n) is 2.46. The summed E-state index contributed by atoms with van der Waals surface area (Å²) in [6.45, 7) is 2.01. The van der Waals surface area contributed by atoms with E-state index in [0.717, 1.165) is 6.42 Å². The van der Waals surface area contributed by atoms with Crippen molar-refractivity contribution >= 4 is 30.0 Å². The van der Waals surface area contributed by atoms with Crippen LogP contribution in [0.25, 0.3) is 0 Å². The first-order valence-electron chi connectivity index (χ1n) is 5.45. The molecular formula is C12H16Cl2FNO2. The van der Waals surface area contributed by atoms with E-state index in [-0.39, 0.29) is 19.0 Å². The molecule has 0 aliphatic carbocycles. The first kappa shape index (κ1) is 17.2. The van der Waals surface area contributed by atoms with Gasteiger partial charge in [-0.15, -0.1) is 12.4 Å². The molecule has 1 unspecified atom stereocenters. The fourth-order valence-corrected chi connectivity index (χ4v) is 1.76. The van der Waals surface area contributed by atoms with Crippen LogP contribution in [0, 0.1) is 5.82 Å². The summed E-state index contributed by atoms with van der Waals surface area (Å²) in [6, 6.07) is 3.73. The fourth-order valence-electron chi connectivity index (χ4n) is 1.53. The number of rotatable bonds is 6. The van der Waals surface area contributed by atoms with Gasteiger partial charge in [0.1, 0.15) is 11.9 Å². The lowest BCUT2D eigenvalue weighted by atomic mass is 10.1. The highest BCUT2D eigenvalue weighted by Crippen LogP contribution is 2.18. The quantitative estimate of drug-likeness (QED) is 0.847. The lowest BCUT2D eigenvalue weighted by Gasteiger charge is -2.14. The van der Waals surface area contributed by atoms with E-state index in [9.17, 15) is 9.18 Å². The van der Waals surface area contributed by atoms with Gasteiger partial charge in [-0.2, -0.15) is 0 Å². The molecule has 2 N–H and O–H groups in total. The molecule has 0 aromatic heterocycles. The molecule has 3 nitrogen and oxygen atoms in total. The van der Waals surface area contributed by atoms with Gasteiger partial charge < -0.3 is 10.4 Å². The van der Waals surface area contributed by atoms with Gasteiger partial charge in [0.15, 0.2) is 0 Å². The van der Waals surface area contributed by atoms with Crippen molar-refractivity contribution in [1.82, 2.24) is 5.32 Å². The summed E-state index contributed by atoms with van der Waals surface area (Å²) in [4.78, 5) is 10.9. The molecule has 0 bridgehead atoms. The van der Waals surface area contributed by atoms with Crippen LogP contribution in [0.2, 0.25) is 5.02 Å². The van der Waals surface area contributed by atoms with Crippen molar-refractivity contribution in [1.29, 1.82) is 0 Å². The number of benzene rings is 1. The van der Waals surface area contributed by atoms with Crippen molar-refractivity contribution in [3.05, 3.63) is 34.6 Å². The number of nitrogens with one attached hydrogen (secondary N) is 1. The summed E-state index contributed by atoms with van der Waals surface area (Å²) in [5, 5.41) is 12.0. The van der Waals surface area contributed by atoms with Crippen molar-refractivity contribution in [3.8, 4) is 0 Å². The van der Waals surface area contributed by atoms with E-state index in [4.69, 9.17) is 16.7 Å². The second-order valence-electron chi connectivity index (χ2n) is 3.76. The van der Waals surface area contributed by atoms with Crippen LogP contribution in [0.4, 0.5) is 4.39 Å². The van der Waals surface area contributed by atoms with E-state index in [0.29, 0.717) is 17.0 Å². The molecule has 0 aliphatic rings. The highest BCUT2D eigenvalue weighted by atomic mass is 35.5. The Bertz CT molecular complexity index is 381. The fraction of sp³-hybridized carbons (Fsp3) is 0.417. The molecule has 1 atom stereocenters. The van der Waals surface area contributed by atoms with Crippen molar-refractivity contribution in [3.63, 3.8) is 0 Å². The van der Waals surface area contributed by atoms with E-state index in [1.54, 1.807) is 6.07 Å². The molecule has 0 amide bonds. The summed E-state index contributed by atoms with van der Waals surface area (Å²) >= 11 is 5.84. The zero-order chi connectivity index (χ0) is 12.8.